The van der Waals surface area contributed by atoms with Gasteiger partial charge in [-0.2, -0.15) is 0 Å². The molecule has 1 fully saturated rings. The maximum Gasteiger partial charge on any atom is 0.133 e. The van der Waals surface area contributed by atoms with Crippen LogP contribution in [-0.2, 0) is 6.54 Å². The van der Waals surface area contributed by atoms with Gasteiger partial charge >= 0.3 is 0 Å². The summed E-state index contributed by atoms with van der Waals surface area (Å²) in [6.45, 7) is 2.65. The van der Waals surface area contributed by atoms with E-state index in [1.54, 1.807) is 0 Å². The van der Waals surface area contributed by atoms with Crippen molar-refractivity contribution in [1.29, 1.82) is 0 Å². The fourth-order valence-electron chi connectivity index (χ4n) is 2.82. The smallest absolute Gasteiger partial charge is 0.133 e. The molecule has 2 N–H and O–H groups in total. The Morgan fingerprint density at radius 3 is 2.79 bits per heavy atom. The molecular weight excluding hydrogens is 234 g/mol. The number of nitrogens with zero attached hydrogens (tertiary/aromatic N) is 2. The van der Waals surface area contributed by atoms with Gasteiger partial charge < -0.3 is 10.6 Å². The molecule has 1 aromatic heterocycles. The summed E-state index contributed by atoms with van der Waals surface area (Å²) in [5, 5.41) is 0. The first kappa shape index (κ1) is 12.2. The molecule has 98 valence electrons. The van der Waals surface area contributed by atoms with Crippen molar-refractivity contribution in [1.82, 2.24) is 4.98 Å². The summed E-state index contributed by atoms with van der Waals surface area (Å²) >= 11 is 0. The molecule has 1 saturated heterocycles. The summed E-state index contributed by atoms with van der Waals surface area (Å²) < 4.78 is 0. The lowest BCUT2D eigenvalue weighted by Crippen LogP contribution is -2.22. The van der Waals surface area contributed by atoms with E-state index in [-0.39, 0.29) is 0 Å². The van der Waals surface area contributed by atoms with E-state index in [2.05, 4.69) is 46.3 Å². The Kier molecular flexibility index (Phi) is 3.47. The van der Waals surface area contributed by atoms with Crippen molar-refractivity contribution in [3.05, 3.63) is 59.8 Å². The van der Waals surface area contributed by atoms with Crippen LogP contribution in [0.2, 0.25) is 0 Å². The quantitative estimate of drug-likeness (QED) is 0.914. The van der Waals surface area contributed by atoms with Crippen LogP contribution in [0.15, 0.2) is 48.7 Å². The number of hydrogen-bond acceptors (Lipinski definition) is 3. The fraction of sp³-hybridized carbons (Fsp3) is 0.312. The van der Waals surface area contributed by atoms with Crippen LogP contribution in [0, 0.1) is 0 Å². The zero-order valence-corrected chi connectivity index (χ0v) is 11.0. The largest absolute Gasteiger partial charge is 0.356 e. The number of nitrogens with two attached hydrogens (primary N) is 1. The van der Waals surface area contributed by atoms with Crippen molar-refractivity contribution in [3.63, 3.8) is 0 Å². The molecule has 0 amide bonds. The summed E-state index contributed by atoms with van der Waals surface area (Å²) in [5.74, 6) is 1.66. The van der Waals surface area contributed by atoms with Crippen molar-refractivity contribution < 1.29 is 0 Å². The average Bonchev–Trinajstić information content (AvgIpc) is 2.98. The van der Waals surface area contributed by atoms with Gasteiger partial charge in [0.2, 0.25) is 0 Å². The van der Waals surface area contributed by atoms with Gasteiger partial charge in [0.25, 0.3) is 0 Å². The van der Waals surface area contributed by atoms with Crippen molar-refractivity contribution in [2.24, 2.45) is 5.73 Å². The van der Waals surface area contributed by atoms with Gasteiger partial charge in [-0.15, -0.1) is 0 Å². The minimum Gasteiger partial charge on any atom is -0.356 e. The SMILES string of the molecule is NCc1cccnc1N1CCC(c2ccccc2)C1. The molecule has 0 aliphatic carbocycles. The third kappa shape index (κ3) is 2.47. The summed E-state index contributed by atoms with van der Waals surface area (Å²) in [6.07, 6.45) is 3.04. The maximum absolute atomic E-state index is 5.80. The summed E-state index contributed by atoms with van der Waals surface area (Å²) in [7, 11) is 0. The third-order valence-electron chi connectivity index (χ3n) is 3.85. The zero-order chi connectivity index (χ0) is 13.1. The number of anilines is 1. The molecule has 1 aliphatic rings. The van der Waals surface area contributed by atoms with Crippen LogP contribution in [0.1, 0.15) is 23.5 Å². The summed E-state index contributed by atoms with van der Waals surface area (Å²) in [4.78, 5) is 6.87. The maximum atomic E-state index is 5.80. The van der Waals surface area contributed by atoms with E-state index >= 15 is 0 Å². The summed E-state index contributed by atoms with van der Waals surface area (Å²) in [6, 6.07) is 14.8. The highest BCUT2D eigenvalue weighted by Crippen LogP contribution is 2.30. The lowest BCUT2D eigenvalue weighted by molar-refractivity contribution is 0.773. The van der Waals surface area contributed by atoms with Crippen LogP contribution in [0.3, 0.4) is 0 Å². The van der Waals surface area contributed by atoms with Crippen LogP contribution in [0.5, 0.6) is 0 Å². The second-order valence-electron chi connectivity index (χ2n) is 5.03. The molecule has 3 rings (SSSR count). The lowest BCUT2D eigenvalue weighted by atomic mass is 9.99. The Balaban J connectivity index is 1.79. The van der Waals surface area contributed by atoms with Crippen molar-refractivity contribution >= 4 is 5.82 Å². The Morgan fingerprint density at radius 2 is 2.00 bits per heavy atom. The van der Waals surface area contributed by atoms with Gasteiger partial charge in [-0.25, -0.2) is 4.98 Å². The van der Waals surface area contributed by atoms with Gasteiger partial charge in [0.15, 0.2) is 0 Å². The average molecular weight is 253 g/mol. The van der Waals surface area contributed by atoms with Crippen molar-refractivity contribution in [2.75, 3.05) is 18.0 Å². The number of rotatable bonds is 3. The Hall–Kier alpha value is -1.87. The molecule has 2 heterocycles. The van der Waals surface area contributed by atoms with E-state index < -0.39 is 0 Å². The van der Waals surface area contributed by atoms with Gasteiger partial charge in [0.05, 0.1) is 0 Å². The third-order valence-corrected chi connectivity index (χ3v) is 3.85. The first-order chi connectivity index (χ1) is 9.38. The highest BCUT2D eigenvalue weighted by atomic mass is 15.2. The zero-order valence-electron chi connectivity index (χ0n) is 11.0. The van der Waals surface area contributed by atoms with E-state index in [0.717, 1.165) is 24.5 Å². The number of pyridine rings is 1. The van der Waals surface area contributed by atoms with E-state index in [9.17, 15) is 0 Å². The Bertz CT molecular complexity index is 539. The molecule has 0 spiro atoms. The van der Waals surface area contributed by atoms with Crippen LogP contribution >= 0.6 is 0 Å². The standard InChI is InChI=1S/C16H19N3/c17-11-14-7-4-9-18-16(14)19-10-8-15(12-19)13-5-2-1-3-6-13/h1-7,9,15H,8,10-12,17H2. The van der Waals surface area contributed by atoms with E-state index in [1.807, 2.05) is 12.3 Å². The first-order valence-electron chi connectivity index (χ1n) is 6.82. The molecule has 0 bridgehead atoms. The molecule has 1 aliphatic heterocycles. The highest BCUT2D eigenvalue weighted by Gasteiger charge is 2.25. The molecule has 3 nitrogen and oxygen atoms in total. The normalized spacial score (nSPS) is 18.8. The molecular formula is C16H19N3. The molecule has 1 atom stereocenters. The van der Waals surface area contributed by atoms with Gasteiger partial charge in [0.1, 0.15) is 5.82 Å². The van der Waals surface area contributed by atoms with Crippen molar-refractivity contribution in [2.45, 2.75) is 18.9 Å². The second kappa shape index (κ2) is 5.41. The molecule has 2 aromatic rings. The number of benzene rings is 1. The first-order valence-corrected chi connectivity index (χ1v) is 6.82. The summed E-state index contributed by atoms with van der Waals surface area (Å²) in [5.41, 5.74) is 8.36. The van der Waals surface area contributed by atoms with Crippen LogP contribution in [-0.4, -0.2) is 18.1 Å². The number of aromatic nitrogens is 1. The second-order valence-corrected chi connectivity index (χ2v) is 5.03. The van der Waals surface area contributed by atoms with E-state index in [0.29, 0.717) is 12.5 Å². The fourth-order valence-corrected chi connectivity index (χ4v) is 2.82. The topological polar surface area (TPSA) is 42.1 Å². The van der Waals surface area contributed by atoms with Gasteiger partial charge in [-0.3, -0.25) is 0 Å². The molecule has 1 aromatic carbocycles. The highest BCUT2D eigenvalue weighted by molar-refractivity contribution is 5.48. The molecule has 0 radical (unpaired) electrons. The van der Waals surface area contributed by atoms with Crippen LogP contribution in [0.25, 0.3) is 0 Å². The number of hydrogen-bond donors (Lipinski definition) is 1. The predicted octanol–water partition coefficient (Wildman–Crippen LogP) is 2.53. The van der Waals surface area contributed by atoms with Gasteiger partial charge in [-0.05, 0) is 18.1 Å². The minimum atomic E-state index is 0.551. The Labute approximate surface area is 114 Å². The molecule has 3 heteroatoms. The molecule has 19 heavy (non-hydrogen) atoms. The predicted molar refractivity (Wildman–Crippen MR) is 78.1 cm³/mol. The van der Waals surface area contributed by atoms with Gasteiger partial charge in [-0.1, -0.05) is 36.4 Å². The molecule has 1 unspecified atom stereocenters. The van der Waals surface area contributed by atoms with Crippen LogP contribution in [0.4, 0.5) is 5.82 Å². The molecule has 0 saturated carbocycles. The minimum absolute atomic E-state index is 0.551. The van der Waals surface area contributed by atoms with Gasteiger partial charge in [0, 0.05) is 37.3 Å². The monoisotopic (exact) mass is 253 g/mol. The lowest BCUT2D eigenvalue weighted by Gasteiger charge is -2.20. The van der Waals surface area contributed by atoms with Crippen molar-refractivity contribution in [3.8, 4) is 0 Å². The van der Waals surface area contributed by atoms with E-state index in [4.69, 9.17) is 5.73 Å². The van der Waals surface area contributed by atoms with Crippen LogP contribution < -0.4 is 10.6 Å². The van der Waals surface area contributed by atoms with E-state index in [1.165, 1.54) is 12.0 Å². The Morgan fingerprint density at radius 1 is 1.16 bits per heavy atom.